The Morgan fingerprint density at radius 3 is 2.61 bits per heavy atom. The maximum Gasteiger partial charge on any atom is 0.119 e. The van der Waals surface area contributed by atoms with Crippen molar-refractivity contribution in [1.82, 2.24) is 14.8 Å². The molecule has 1 aliphatic carbocycles. The summed E-state index contributed by atoms with van der Waals surface area (Å²) in [7, 11) is 0. The molecule has 0 amide bonds. The highest BCUT2D eigenvalue weighted by Gasteiger charge is 2.44. The van der Waals surface area contributed by atoms with Gasteiger partial charge in [0.1, 0.15) is 16.9 Å². The van der Waals surface area contributed by atoms with Crippen LogP contribution in [-0.2, 0) is 6.54 Å². The third kappa shape index (κ3) is 3.74. The summed E-state index contributed by atoms with van der Waals surface area (Å²) < 4.78 is 7.35. The molecule has 3 aromatic rings. The molecule has 2 unspecified atom stereocenters. The fourth-order valence-electron chi connectivity index (χ4n) is 3.89. The summed E-state index contributed by atoms with van der Waals surface area (Å²) in [5, 5.41) is 10.1. The number of nitriles is 1. The number of ether oxygens (including phenoxy) is 1. The lowest BCUT2D eigenvalue weighted by Crippen LogP contribution is -2.47. The number of hydrogen-bond acceptors (Lipinski definition) is 6. The van der Waals surface area contributed by atoms with E-state index >= 15 is 0 Å². The summed E-state index contributed by atoms with van der Waals surface area (Å²) in [6.45, 7) is 5.28. The molecule has 1 aromatic heterocycles. The first kappa shape index (κ1) is 17.6. The van der Waals surface area contributed by atoms with E-state index < -0.39 is 0 Å². The Labute approximate surface area is 168 Å². The van der Waals surface area contributed by atoms with Gasteiger partial charge in [0.05, 0.1) is 34.4 Å². The number of thiazole rings is 1. The van der Waals surface area contributed by atoms with Gasteiger partial charge in [-0.3, -0.25) is 9.80 Å². The van der Waals surface area contributed by atoms with Crippen LogP contribution in [0.15, 0.2) is 48.5 Å². The molecule has 2 aliphatic rings. The van der Waals surface area contributed by atoms with Crippen LogP contribution in [0.5, 0.6) is 5.75 Å². The maximum absolute atomic E-state index is 8.88. The average Bonchev–Trinajstić information content (AvgIpc) is 3.37. The predicted octanol–water partition coefficient (Wildman–Crippen LogP) is 3.51. The largest absolute Gasteiger partial charge is 0.489 e. The van der Waals surface area contributed by atoms with Gasteiger partial charge in [-0.15, -0.1) is 11.3 Å². The van der Waals surface area contributed by atoms with E-state index in [0.29, 0.717) is 11.6 Å². The molecular formula is C22H22N4OS. The van der Waals surface area contributed by atoms with Crippen LogP contribution in [0.25, 0.3) is 10.2 Å². The number of para-hydroxylation sites is 1. The van der Waals surface area contributed by atoms with E-state index in [9.17, 15) is 0 Å². The van der Waals surface area contributed by atoms with Gasteiger partial charge in [-0.25, -0.2) is 4.98 Å². The minimum atomic E-state index is 0.281. The summed E-state index contributed by atoms with van der Waals surface area (Å²) in [6, 6.07) is 18.5. The lowest BCUT2D eigenvalue weighted by atomic mass is 10.2. The molecule has 2 aromatic carbocycles. The lowest BCUT2D eigenvalue weighted by Gasteiger charge is -2.34. The molecule has 2 fully saturated rings. The van der Waals surface area contributed by atoms with Crippen molar-refractivity contribution in [2.45, 2.75) is 25.1 Å². The van der Waals surface area contributed by atoms with E-state index in [4.69, 9.17) is 15.0 Å². The summed E-state index contributed by atoms with van der Waals surface area (Å²) in [6.07, 6.45) is 1.38. The zero-order valence-electron chi connectivity index (χ0n) is 15.6. The third-order valence-corrected chi connectivity index (χ3v) is 6.56. The van der Waals surface area contributed by atoms with Crippen LogP contribution in [0.4, 0.5) is 0 Å². The Kier molecular flexibility index (Phi) is 4.73. The zero-order valence-corrected chi connectivity index (χ0v) is 16.4. The predicted molar refractivity (Wildman–Crippen MR) is 110 cm³/mol. The summed E-state index contributed by atoms with van der Waals surface area (Å²) >= 11 is 1.81. The Balaban J connectivity index is 1.11. The number of piperazine rings is 1. The minimum Gasteiger partial charge on any atom is -0.489 e. The van der Waals surface area contributed by atoms with E-state index in [1.54, 1.807) is 0 Å². The Hall–Kier alpha value is -2.46. The molecule has 0 radical (unpaired) electrons. The van der Waals surface area contributed by atoms with Gasteiger partial charge in [-0.05, 0) is 36.4 Å². The van der Waals surface area contributed by atoms with Crippen LogP contribution in [0, 0.1) is 11.3 Å². The number of aromatic nitrogens is 1. The van der Waals surface area contributed by atoms with Gasteiger partial charge in [0, 0.05) is 32.6 Å². The zero-order chi connectivity index (χ0) is 18.9. The van der Waals surface area contributed by atoms with Crippen LogP contribution in [0.3, 0.4) is 0 Å². The van der Waals surface area contributed by atoms with E-state index in [0.717, 1.165) is 50.4 Å². The number of hydrogen-bond donors (Lipinski definition) is 0. The third-order valence-electron chi connectivity index (χ3n) is 5.54. The molecule has 1 saturated heterocycles. The molecule has 28 heavy (non-hydrogen) atoms. The minimum absolute atomic E-state index is 0.281. The van der Waals surface area contributed by atoms with E-state index in [1.165, 1.54) is 9.71 Å². The van der Waals surface area contributed by atoms with Crippen LogP contribution < -0.4 is 4.74 Å². The number of nitrogens with zero attached hydrogens (tertiary/aromatic N) is 4. The van der Waals surface area contributed by atoms with Gasteiger partial charge in [0.2, 0.25) is 0 Å². The first-order valence-electron chi connectivity index (χ1n) is 9.76. The molecule has 5 nitrogen and oxygen atoms in total. The maximum atomic E-state index is 8.88. The van der Waals surface area contributed by atoms with Crippen LogP contribution in [0.2, 0.25) is 0 Å². The smallest absolute Gasteiger partial charge is 0.119 e. The van der Waals surface area contributed by atoms with Gasteiger partial charge in [-0.1, -0.05) is 12.1 Å². The average molecular weight is 391 g/mol. The fourth-order valence-corrected chi connectivity index (χ4v) is 4.89. The Bertz CT molecular complexity index is 968. The number of benzene rings is 2. The number of fused-ring (bicyclic) bond motifs is 1. The molecule has 2 heterocycles. The van der Waals surface area contributed by atoms with Crippen molar-refractivity contribution in [1.29, 1.82) is 5.26 Å². The molecule has 6 heteroatoms. The second-order valence-electron chi connectivity index (χ2n) is 7.48. The van der Waals surface area contributed by atoms with Gasteiger partial charge in [-0.2, -0.15) is 5.26 Å². The quantitative estimate of drug-likeness (QED) is 0.667. The standard InChI is InChI=1S/C22H22N4OS/c23-14-16-5-7-17(8-6-16)27-20-13-19(20)26-11-9-25(10-12-26)15-22-24-18-3-1-2-4-21(18)28-22/h1-8,19-20H,9-13,15H2. The highest BCUT2D eigenvalue weighted by molar-refractivity contribution is 7.18. The van der Waals surface area contributed by atoms with Gasteiger partial charge < -0.3 is 4.74 Å². The van der Waals surface area contributed by atoms with Crippen molar-refractivity contribution in [3.8, 4) is 11.8 Å². The normalized spacial score (nSPS) is 22.8. The van der Waals surface area contributed by atoms with Crippen LogP contribution in [-0.4, -0.2) is 53.1 Å². The molecule has 0 spiro atoms. The summed E-state index contributed by atoms with van der Waals surface area (Å²) in [5.74, 6) is 0.862. The molecule has 1 aliphatic heterocycles. The topological polar surface area (TPSA) is 52.4 Å². The Morgan fingerprint density at radius 2 is 1.86 bits per heavy atom. The molecule has 5 rings (SSSR count). The monoisotopic (exact) mass is 390 g/mol. The second kappa shape index (κ2) is 7.51. The SMILES string of the molecule is N#Cc1ccc(OC2CC2N2CCN(Cc3nc4ccccc4s3)CC2)cc1. The molecule has 142 valence electrons. The molecule has 0 bridgehead atoms. The van der Waals surface area contributed by atoms with Crippen LogP contribution >= 0.6 is 11.3 Å². The highest BCUT2D eigenvalue weighted by atomic mass is 32.1. The van der Waals surface area contributed by atoms with Gasteiger partial charge >= 0.3 is 0 Å². The number of rotatable bonds is 5. The van der Waals surface area contributed by atoms with Crippen molar-refractivity contribution in [2.24, 2.45) is 0 Å². The van der Waals surface area contributed by atoms with Crippen molar-refractivity contribution in [3.63, 3.8) is 0 Å². The van der Waals surface area contributed by atoms with E-state index in [2.05, 4.69) is 40.1 Å². The van der Waals surface area contributed by atoms with Gasteiger partial charge in [0.15, 0.2) is 0 Å². The van der Waals surface area contributed by atoms with Gasteiger partial charge in [0.25, 0.3) is 0 Å². The first-order chi connectivity index (χ1) is 13.8. The molecule has 0 N–H and O–H groups in total. The lowest BCUT2D eigenvalue weighted by molar-refractivity contribution is 0.107. The molecule has 1 saturated carbocycles. The summed E-state index contributed by atoms with van der Waals surface area (Å²) in [4.78, 5) is 9.83. The fraction of sp³-hybridized carbons (Fsp3) is 0.364. The van der Waals surface area contributed by atoms with Crippen molar-refractivity contribution >= 4 is 21.6 Å². The second-order valence-corrected chi connectivity index (χ2v) is 8.60. The van der Waals surface area contributed by atoms with Crippen molar-refractivity contribution < 1.29 is 4.74 Å². The first-order valence-corrected chi connectivity index (χ1v) is 10.6. The Morgan fingerprint density at radius 1 is 1.07 bits per heavy atom. The van der Waals surface area contributed by atoms with E-state index in [1.807, 2.05) is 35.6 Å². The van der Waals surface area contributed by atoms with Crippen molar-refractivity contribution in [2.75, 3.05) is 26.2 Å². The molecule has 2 atom stereocenters. The van der Waals surface area contributed by atoms with Crippen molar-refractivity contribution in [3.05, 3.63) is 59.1 Å². The molecular weight excluding hydrogens is 368 g/mol. The van der Waals surface area contributed by atoms with E-state index in [-0.39, 0.29) is 6.10 Å². The van der Waals surface area contributed by atoms with Crippen LogP contribution in [0.1, 0.15) is 17.0 Å². The highest BCUT2D eigenvalue weighted by Crippen LogP contribution is 2.33. The summed E-state index contributed by atoms with van der Waals surface area (Å²) in [5.41, 5.74) is 1.78.